The summed E-state index contributed by atoms with van der Waals surface area (Å²) in [4.78, 5) is 11.5. The molecule has 0 aromatic carbocycles. The molecule has 0 saturated carbocycles. The van der Waals surface area contributed by atoms with E-state index >= 15 is 0 Å². The highest BCUT2D eigenvalue weighted by Crippen LogP contribution is 2.38. The van der Waals surface area contributed by atoms with Gasteiger partial charge >= 0.3 is 15.3 Å². The van der Waals surface area contributed by atoms with Crippen molar-refractivity contribution in [1.82, 2.24) is 0 Å². The van der Waals surface area contributed by atoms with Crippen LogP contribution in [0.2, 0.25) is 57.4 Å². The Kier molecular flexibility index (Phi) is 10.1. The van der Waals surface area contributed by atoms with Gasteiger partial charge in [-0.1, -0.05) is 27.4 Å². The standard InChI is InChI=1S/C18H42O5Si4/c1-13-16(19)20-15-14-17(21-27(11,12)18(2,3)4)24(22-25(5,6)7)23-26(8,9)10/h13,17,24H,1,14-15H2,2-12H3. The topological polar surface area (TPSA) is 54.0 Å². The summed E-state index contributed by atoms with van der Waals surface area (Å²) < 4.78 is 25.1. The summed E-state index contributed by atoms with van der Waals surface area (Å²) in [5.41, 5.74) is -0.137. The van der Waals surface area contributed by atoms with Crippen LogP contribution in [0.3, 0.4) is 0 Å². The Morgan fingerprint density at radius 2 is 1.44 bits per heavy atom. The average Bonchev–Trinajstić information content (AvgIpc) is 2.40. The molecule has 0 aliphatic heterocycles. The molecule has 0 aromatic heterocycles. The van der Waals surface area contributed by atoms with E-state index < -0.39 is 40.2 Å². The first kappa shape index (κ1) is 27.0. The fourth-order valence-electron chi connectivity index (χ4n) is 2.01. The fourth-order valence-corrected chi connectivity index (χ4v) is 12.5. The lowest BCUT2D eigenvalue weighted by Gasteiger charge is -2.42. The first-order valence-electron chi connectivity index (χ1n) is 9.70. The molecule has 0 N–H and O–H groups in total. The van der Waals surface area contributed by atoms with E-state index in [4.69, 9.17) is 17.4 Å². The number of ether oxygens (including phenoxy) is 1. The van der Waals surface area contributed by atoms with Crippen LogP contribution in [0.1, 0.15) is 27.2 Å². The van der Waals surface area contributed by atoms with Crippen LogP contribution in [0.25, 0.3) is 0 Å². The highest BCUT2D eigenvalue weighted by Gasteiger charge is 2.44. The third-order valence-electron chi connectivity index (χ3n) is 4.31. The molecule has 0 heterocycles. The van der Waals surface area contributed by atoms with Crippen molar-refractivity contribution in [3.05, 3.63) is 12.7 Å². The molecule has 9 heteroatoms. The smallest absolute Gasteiger partial charge is 0.330 e. The Morgan fingerprint density at radius 1 is 1.00 bits per heavy atom. The molecule has 0 saturated heterocycles. The largest absolute Gasteiger partial charge is 0.462 e. The lowest BCUT2D eigenvalue weighted by Crippen LogP contribution is -2.55. The van der Waals surface area contributed by atoms with E-state index in [9.17, 15) is 4.79 Å². The number of esters is 1. The predicted octanol–water partition coefficient (Wildman–Crippen LogP) is 4.96. The molecule has 0 aliphatic carbocycles. The third kappa shape index (κ3) is 11.5. The van der Waals surface area contributed by atoms with Gasteiger partial charge in [-0.3, -0.25) is 0 Å². The zero-order chi connectivity index (χ0) is 21.7. The molecule has 0 fully saturated rings. The van der Waals surface area contributed by atoms with E-state index in [1.54, 1.807) is 0 Å². The third-order valence-corrected chi connectivity index (χ3v) is 17.7. The van der Waals surface area contributed by atoms with E-state index in [0.717, 1.165) is 0 Å². The van der Waals surface area contributed by atoms with Crippen LogP contribution in [-0.4, -0.2) is 52.5 Å². The molecule has 0 rings (SSSR count). The van der Waals surface area contributed by atoms with E-state index in [0.29, 0.717) is 6.42 Å². The van der Waals surface area contributed by atoms with Crippen molar-refractivity contribution in [1.29, 1.82) is 0 Å². The zero-order valence-electron chi connectivity index (χ0n) is 19.4. The van der Waals surface area contributed by atoms with Crippen molar-refractivity contribution in [3.8, 4) is 0 Å². The van der Waals surface area contributed by atoms with Gasteiger partial charge in [0.2, 0.25) is 0 Å². The van der Waals surface area contributed by atoms with Gasteiger partial charge < -0.3 is 17.4 Å². The Hall–Kier alpha value is -0.0425. The first-order chi connectivity index (χ1) is 11.9. The van der Waals surface area contributed by atoms with Gasteiger partial charge in [0.25, 0.3) is 0 Å². The second-order valence-electron chi connectivity index (χ2n) is 10.4. The van der Waals surface area contributed by atoms with E-state index in [1.807, 2.05) is 0 Å². The van der Waals surface area contributed by atoms with E-state index in [2.05, 4.69) is 79.7 Å². The van der Waals surface area contributed by atoms with Gasteiger partial charge in [-0.05, 0) is 57.4 Å². The molecular formula is C18H42O5Si4. The van der Waals surface area contributed by atoms with Gasteiger partial charge in [0.15, 0.2) is 25.0 Å². The Bertz CT molecular complexity index is 473. The maximum absolute atomic E-state index is 11.5. The average molecular weight is 451 g/mol. The van der Waals surface area contributed by atoms with Gasteiger partial charge in [0, 0.05) is 12.5 Å². The summed E-state index contributed by atoms with van der Waals surface area (Å²) in [7, 11) is -7.75. The van der Waals surface area contributed by atoms with E-state index in [-0.39, 0.29) is 17.4 Å². The van der Waals surface area contributed by atoms with Crippen molar-refractivity contribution in [3.63, 3.8) is 0 Å². The minimum Gasteiger partial charge on any atom is -0.462 e. The molecule has 0 spiro atoms. The van der Waals surface area contributed by atoms with Gasteiger partial charge in [0.05, 0.1) is 12.3 Å². The minimum atomic E-state index is -2.12. The maximum atomic E-state index is 11.5. The number of carbonyl (C=O) groups excluding carboxylic acids is 1. The summed E-state index contributed by atoms with van der Waals surface area (Å²) in [6, 6.07) is 0. The highest BCUT2D eigenvalue weighted by molar-refractivity contribution is 6.82. The van der Waals surface area contributed by atoms with Crippen molar-refractivity contribution < 1.29 is 22.2 Å². The molecular weight excluding hydrogens is 409 g/mol. The molecule has 0 aromatic rings. The molecule has 0 amide bonds. The lowest BCUT2D eigenvalue weighted by atomic mass is 10.2. The van der Waals surface area contributed by atoms with Crippen LogP contribution < -0.4 is 0 Å². The monoisotopic (exact) mass is 450 g/mol. The van der Waals surface area contributed by atoms with Crippen molar-refractivity contribution in [2.24, 2.45) is 0 Å². The molecule has 5 nitrogen and oxygen atoms in total. The van der Waals surface area contributed by atoms with Gasteiger partial charge in [-0.15, -0.1) is 0 Å². The number of carbonyl (C=O) groups is 1. The maximum Gasteiger partial charge on any atom is 0.330 e. The summed E-state index contributed by atoms with van der Waals surface area (Å²) in [5.74, 6) is -0.406. The Morgan fingerprint density at radius 3 is 1.78 bits per heavy atom. The number of hydrogen-bond acceptors (Lipinski definition) is 5. The summed E-state index contributed by atoms with van der Waals surface area (Å²) in [6.45, 7) is 28.0. The molecule has 0 bridgehead atoms. The summed E-state index contributed by atoms with van der Waals surface area (Å²) in [5, 5.41) is 0.0836. The summed E-state index contributed by atoms with van der Waals surface area (Å²) in [6.07, 6.45) is 1.79. The predicted molar refractivity (Wildman–Crippen MR) is 124 cm³/mol. The van der Waals surface area contributed by atoms with Crippen LogP contribution in [-0.2, 0) is 22.2 Å². The SMILES string of the molecule is C=CC(=O)OCCC(O[Si](C)(C)C(C)(C)C)[SiH](O[Si](C)(C)C)O[Si](C)(C)C. The fraction of sp³-hybridized carbons (Fsp3) is 0.833. The number of rotatable bonds is 11. The molecule has 1 atom stereocenters. The first-order valence-corrected chi connectivity index (χ1v) is 21.0. The molecule has 0 radical (unpaired) electrons. The van der Waals surface area contributed by atoms with Crippen LogP contribution in [0.15, 0.2) is 12.7 Å². The zero-order valence-corrected chi connectivity index (χ0v) is 23.5. The van der Waals surface area contributed by atoms with Crippen LogP contribution in [0.4, 0.5) is 0 Å². The van der Waals surface area contributed by atoms with Crippen LogP contribution in [0.5, 0.6) is 0 Å². The second kappa shape index (κ2) is 10.1. The van der Waals surface area contributed by atoms with Crippen molar-refractivity contribution in [2.45, 2.75) is 90.3 Å². The lowest BCUT2D eigenvalue weighted by molar-refractivity contribution is -0.138. The van der Waals surface area contributed by atoms with Crippen molar-refractivity contribution in [2.75, 3.05) is 6.61 Å². The number of hydrogen-bond donors (Lipinski definition) is 0. The van der Waals surface area contributed by atoms with Gasteiger partial charge in [-0.2, -0.15) is 0 Å². The van der Waals surface area contributed by atoms with E-state index in [1.165, 1.54) is 6.08 Å². The molecule has 0 aliphatic rings. The van der Waals surface area contributed by atoms with Crippen LogP contribution >= 0.6 is 0 Å². The minimum absolute atomic E-state index is 0.0836. The summed E-state index contributed by atoms with van der Waals surface area (Å²) >= 11 is 0. The molecule has 27 heavy (non-hydrogen) atoms. The van der Waals surface area contributed by atoms with Gasteiger partial charge in [0.1, 0.15) is 0 Å². The second-order valence-corrected chi connectivity index (χ2v) is 27.0. The van der Waals surface area contributed by atoms with Gasteiger partial charge in [-0.25, -0.2) is 4.79 Å². The van der Waals surface area contributed by atoms with Crippen LogP contribution in [0, 0.1) is 0 Å². The molecule has 1 unspecified atom stereocenters. The quantitative estimate of drug-likeness (QED) is 0.253. The normalized spacial score (nSPS) is 15.0. The Balaban J connectivity index is 5.61. The van der Waals surface area contributed by atoms with Crippen molar-refractivity contribution >= 4 is 40.2 Å². The highest BCUT2D eigenvalue weighted by atomic mass is 28.4. The Labute approximate surface area is 172 Å². The molecule has 160 valence electrons.